The van der Waals surface area contributed by atoms with E-state index in [0.717, 1.165) is 30.8 Å². The minimum Gasteiger partial charge on any atom is -0.481 e. The molecule has 1 N–H and O–H groups in total. The SMILES string of the molecule is COc1cc(NC(=O)N2c3nc(-c4cccc(C#N)c4)ccc3N3CC[C@H]2C3)ncn1. The monoisotopic (exact) mass is 413 g/mol. The Morgan fingerprint density at radius 3 is 3.00 bits per heavy atom. The van der Waals surface area contributed by atoms with Gasteiger partial charge in [0.2, 0.25) is 5.88 Å². The standard InChI is InChI=1S/C22H19N7O2/c1-31-20-10-19(24-13-25-20)27-22(30)29-16-7-8-28(12-16)18-6-5-17(26-21(18)29)15-4-2-3-14(9-15)11-23/h2-6,9-10,13,16H,7-8,12H2,1H3,(H,24,25,27,30)/t16-/m0/s1. The smallest absolute Gasteiger partial charge is 0.329 e. The molecule has 0 spiro atoms. The van der Waals surface area contributed by atoms with E-state index in [1.807, 2.05) is 24.3 Å². The fourth-order valence-electron chi connectivity index (χ4n) is 4.07. The van der Waals surface area contributed by atoms with Gasteiger partial charge >= 0.3 is 6.03 Å². The number of carbonyl (C=O) groups is 1. The highest BCUT2D eigenvalue weighted by Crippen LogP contribution is 2.40. The van der Waals surface area contributed by atoms with E-state index in [1.54, 1.807) is 23.1 Å². The molecule has 2 aliphatic rings. The quantitative estimate of drug-likeness (QED) is 0.703. The lowest BCUT2D eigenvalue weighted by Crippen LogP contribution is -2.48. The van der Waals surface area contributed by atoms with Crippen molar-refractivity contribution in [3.8, 4) is 23.2 Å². The molecule has 0 radical (unpaired) electrons. The molecule has 4 heterocycles. The summed E-state index contributed by atoms with van der Waals surface area (Å²) in [5.74, 6) is 1.33. The molecule has 0 saturated carbocycles. The van der Waals surface area contributed by atoms with Gasteiger partial charge in [-0.25, -0.2) is 19.7 Å². The van der Waals surface area contributed by atoms with Gasteiger partial charge in [-0.1, -0.05) is 12.1 Å². The molecule has 2 aromatic heterocycles. The maximum absolute atomic E-state index is 13.3. The van der Waals surface area contributed by atoms with Crippen LogP contribution in [-0.4, -0.2) is 47.2 Å². The van der Waals surface area contributed by atoms with Gasteiger partial charge in [0.15, 0.2) is 5.82 Å². The third kappa shape index (κ3) is 3.38. The van der Waals surface area contributed by atoms with Gasteiger partial charge in [-0.3, -0.25) is 10.2 Å². The molecule has 5 rings (SSSR count). The van der Waals surface area contributed by atoms with Crippen LogP contribution in [0.3, 0.4) is 0 Å². The van der Waals surface area contributed by atoms with Crippen LogP contribution in [0.1, 0.15) is 12.0 Å². The molecular weight excluding hydrogens is 394 g/mol. The van der Waals surface area contributed by atoms with Crippen molar-refractivity contribution in [3.05, 3.63) is 54.4 Å². The number of ether oxygens (including phenoxy) is 1. The van der Waals surface area contributed by atoms with E-state index in [9.17, 15) is 10.1 Å². The molecule has 2 bridgehead atoms. The van der Waals surface area contributed by atoms with Crippen molar-refractivity contribution in [1.82, 2.24) is 15.0 Å². The molecule has 0 unspecified atom stereocenters. The van der Waals surface area contributed by atoms with Crippen LogP contribution in [0.2, 0.25) is 0 Å². The molecule has 2 amide bonds. The summed E-state index contributed by atoms with van der Waals surface area (Å²) in [5, 5.41) is 12.1. The second-order valence-corrected chi connectivity index (χ2v) is 7.37. The molecule has 1 atom stereocenters. The number of urea groups is 1. The minimum atomic E-state index is -0.302. The molecule has 1 aromatic carbocycles. The lowest BCUT2D eigenvalue weighted by Gasteiger charge is -2.35. The molecule has 2 aliphatic heterocycles. The van der Waals surface area contributed by atoms with E-state index < -0.39 is 0 Å². The number of pyridine rings is 1. The molecule has 9 heteroatoms. The summed E-state index contributed by atoms with van der Waals surface area (Å²) < 4.78 is 5.11. The fourth-order valence-corrected chi connectivity index (χ4v) is 4.07. The second-order valence-electron chi connectivity index (χ2n) is 7.37. The molecule has 0 aliphatic carbocycles. The predicted molar refractivity (Wildman–Crippen MR) is 115 cm³/mol. The van der Waals surface area contributed by atoms with Crippen LogP contribution in [0.5, 0.6) is 5.88 Å². The Kier molecular flexibility index (Phi) is 4.59. The average Bonchev–Trinajstić information content (AvgIpc) is 3.23. The summed E-state index contributed by atoms with van der Waals surface area (Å²) in [4.78, 5) is 30.2. The topological polar surface area (TPSA) is 107 Å². The molecule has 3 aromatic rings. The minimum absolute atomic E-state index is 0.0180. The van der Waals surface area contributed by atoms with Crippen LogP contribution in [0.4, 0.5) is 22.1 Å². The molecule has 31 heavy (non-hydrogen) atoms. The summed E-state index contributed by atoms with van der Waals surface area (Å²) in [6, 6.07) is 14.6. The van der Waals surface area contributed by atoms with Gasteiger partial charge in [0, 0.05) is 24.7 Å². The summed E-state index contributed by atoms with van der Waals surface area (Å²) in [6.07, 6.45) is 2.20. The summed E-state index contributed by atoms with van der Waals surface area (Å²) >= 11 is 0. The van der Waals surface area contributed by atoms with Crippen LogP contribution >= 0.6 is 0 Å². The molecule has 9 nitrogen and oxygen atoms in total. The van der Waals surface area contributed by atoms with Crippen molar-refractivity contribution < 1.29 is 9.53 Å². The van der Waals surface area contributed by atoms with E-state index in [4.69, 9.17) is 9.72 Å². The van der Waals surface area contributed by atoms with Gasteiger partial charge < -0.3 is 9.64 Å². The molecule has 154 valence electrons. The molecule has 1 saturated heterocycles. The number of methoxy groups -OCH3 is 1. The van der Waals surface area contributed by atoms with E-state index >= 15 is 0 Å². The van der Waals surface area contributed by atoms with Gasteiger partial charge in [0.1, 0.15) is 12.1 Å². The number of carbonyl (C=O) groups excluding carboxylic acids is 1. The summed E-state index contributed by atoms with van der Waals surface area (Å²) in [7, 11) is 1.51. The van der Waals surface area contributed by atoms with Crippen LogP contribution in [0.25, 0.3) is 11.3 Å². The lowest BCUT2D eigenvalue weighted by molar-refractivity contribution is 0.254. The number of hydrogen-bond donors (Lipinski definition) is 1. The van der Waals surface area contributed by atoms with E-state index in [1.165, 1.54) is 13.4 Å². The highest BCUT2D eigenvalue weighted by atomic mass is 16.5. The Morgan fingerprint density at radius 2 is 2.16 bits per heavy atom. The average molecular weight is 413 g/mol. The lowest BCUT2D eigenvalue weighted by atomic mass is 10.1. The number of fused-ring (bicyclic) bond motifs is 4. The predicted octanol–water partition coefficient (Wildman–Crippen LogP) is 3.05. The highest BCUT2D eigenvalue weighted by Gasteiger charge is 2.40. The number of aromatic nitrogens is 3. The number of hydrogen-bond acceptors (Lipinski definition) is 7. The zero-order chi connectivity index (χ0) is 21.4. The van der Waals surface area contributed by atoms with Crippen LogP contribution in [0, 0.1) is 11.3 Å². The number of nitrogens with zero attached hydrogens (tertiary/aromatic N) is 6. The van der Waals surface area contributed by atoms with Crippen molar-refractivity contribution in [3.63, 3.8) is 0 Å². The zero-order valence-corrected chi connectivity index (χ0v) is 16.8. The molecule has 1 fully saturated rings. The Balaban J connectivity index is 1.52. The maximum Gasteiger partial charge on any atom is 0.329 e. The zero-order valence-electron chi connectivity index (χ0n) is 16.8. The first-order valence-corrected chi connectivity index (χ1v) is 9.89. The number of rotatable bonds is 3. The number of anilines is 3. The van der Waals surface area contributed by atoms with Crippen molar-refractivity contribution >= 4 is 23.4 Å². The first kappa shape index (κ1) is 18.8. The Bertz CT molecular complexity index is 1210. The van der Waals surface area contributed by atoms with Gasteiger partial charge in [-0.05, 0) is 30.7 Å². The third-order valence-corrected chi connectivity index (χ3v) is 5.54. The number of nitrogens with one attached hydrogen (secondary N) is 1. The van der Waals surface area contributed by atoms with E-state index in [-0.39, 0.29) is 12.1 Å². The Labute approximate surface area is 178 Å². The van der Waals surface area contributed by atoms with Gasteiger partial charge in [0.05, 0.1) is 36.2 Å². The van der Waals surface area contributed by atoms with Gasteiger partial charge in [0.25, 0.3) is 0 Å². The van der Waals surface area contributed by atoms with Crippen LogP contribution < -0.4 is 19.9 Å². The Morgan fingerprint density at radius 1 is 1.26 bits per heavy atom. The van der Waals surface area contributed by atoms with Crippen molar-refractivity contribution in [2.45, 2.75) is 12.5 Å². The number of nitriles is 1. The summed E-state index contributed by atoms with van der Waals surface area (Å²) in [6.45, 7) is 1.63. The fraction of sp³-hybridized carbons (Fsp3) is 0.227. The normalized spacial score (nSPS) is 16.5. The van der Waals surface area contributed by atoms with Crippen molar-refractivity contribution in [2.24, 2.45) is 0 Å². The second kappa shape index (κ2) is 7.57. The maximum atomic E-state index is 13.3. The van der Waals surface area contributed by atoms with E-state index in [0.29, 0.717) is 28.8 Å². The van der Waals surface area contributed by atoms with E-state index in [2.05, 4.69) is 26.3 Å². The van der Waals surface area contributed by atoms with Gasteiger partial charge in [-0.15, -0.1) is 0 Å². The van der Waals surface area contributed by atoms with Crippen molar-refractivity contribution in [2.75, 3.05) is 35.3 Å². The first-order valence-electron chi connectivity index (χ1n) is 9.89. The Hall–Kier alpha value is -4.19. The van der Waals surface area contributed by atoms with Gasteiger partial charge in [-0.2, -0.15) is 5.26 Å². The third-order valence-electron chi connectivity index (χ3n) is 5.54. The van der Waals surface area contributed by atoms with Crippen molar-refractivity contribution in [1.29, 1.82) is 5.26 Å². The molecular formula is C22H19N7O2. The highest BCUT2D eigenvalue weighted by molar-refractivity contribution is 6.04. The number of amides is 2. The van der Waals surface area contributed by atoms with Crippen LogP contribution in [0.15, 0.2) is 48.8 Å². The first-order chi connectivity index (χ1) is 15.2. The summed E-state index contributed by atoms with van der Waals surface area (Å²) in [5.41, 5.74) is 3.02. The van der Waals surface area contributed by atoms with Crippen LogP contribution in [-0.2, 0) is 0 Å². The largest absolute Gasteiger partial charge is 0.481 e. The number of benzene rings is 1.